The van der Waals surface area contributed by atoms with Gasteiger partial charge in [0.1, 0.15) is 0 Å². The highest BCUT2D eigenvalue weighted by Crippen LogP contribution is 2.37. The van der Waals surface area contributed by atoms with Crippen molar-refractivity contribution < 1.29 is 0 Å². The topological polar surface area (TPSA) is 46.8 Å². The van der Waals surface area contributed by atoms with Gasteiger partial charge in [0.25, 0.3) is 0 Å². The van der Waals surface area contributed by atoms with Gasteiger partial charge in [-0.2, -0.15) is 4.80 Å². The summed E-state index contributed by atoms with van der Waals surface area (Å²) in [5.74, 6) is 2.27. The summed E-state index contributed by atoms with van der Waals surface area (Å²) in [6, 6.07) is 0. The van der Waals surface area contributed by atoms with Gasteiger partial charge in [0.05, 0.1) is 7.05 Å². The van der Waals surface area contributed by atoms with Crippen LogP contribution < -0.4 is 0 Å². The van der Waals surface area contributed by atoms with Gasteiger partial charge in [-0.25, -0.2) is 0 Å². The minimum absolute atomic E-state index is 0.544. The number of aromatic nitrogens is 4. The number of nitrogens with zero attached hydrogens (tertiary/aromatic N) is 5. The van der Waals surface area contributed by atoms with Crippen molar-refractivity contribution in [3.63, 3.8) is 0 Å². The monoisotopic (exact) mass is 179 g/mol. The van der Waals surface area contributed by atoms with Crippen LogP contribution >= 0.6 is 0 Å². The normalized spacial score (nSPS) is 37.2. The Morgan fingerprint density at radius 2 is 2.31 bits per heavy atom. The van der Waals surface area contributed by atoms with E-state index >= 15 is 0 Å². The van der Waals surface area contributed by atoms with Gasteiger partial charge in [-0.1, -0.05) is 0 Å². The molecule has 13 heavy (non-hydrogen) atoms. The van der Waals surface area contributed by atoms with Crippen LogP contribution in [0.5, 0.6) is 0 Å². The number of aryl methyl sites for hydroxylation is 1. The molecule has 3 rings (SSSR count). The van der Waals surface area contributed by atoms with Crippen LogP contribution in [0.25, 0.3) is 0 Å². The Balaban J connectivity index is 1.87. The van der Waals surface area contributed by atoms with Gasteiger partial charge in [-0.3, -0.25) is 0 Å². The summed E-state index contributed by atoms with van der Waals surface area (Å²) in [6.45, 7) is 3.64. The molecule has 1 unspecified atom stereocenters. The molecule has 0 aromatic carbocycles. The first kappa shape index (κ1) is 7.44. The van der Waals surface area contributed by atoms with E-state index in [1.807, 2.05) is 7.05 Å². The van der Waals surface area contributed by atoms with Gasteiger partial charge in [0.2, 0.25) is 0 Å². The van der Waals surface area contributed by atoms with Crippen LogP contribution in [-0.2, 0) is 7.05 Å². The van der Waals surface area contributed by atoms with Crippen molar-refractivity contribution in [3.8, 4) is 0 Å². The van der Waals surface area contributed by atoms with Gasteiger partial charge in [-0.05, 0) is 24.1 Å². The van der Waals surface area contributed by atoms with Crippen molar-refractivity contribution in [2.45, 2.75) is 12.3 Å². The summed E-state index contributed by atoms with van der Waals surface area (Å²) >= 11 is 0. The van der Waals surface area contributed by atoms with Crippen molar-refractivity contribution in [1.82, 2.24) is 25.1 Å². The summed E-state index contributed by atoms with van der Waals surface area (Å²) in [4.78, 5) is 4.04. The van der Waals surface area contributed by atoms with Gasteiger partial charge < -0.3 is 4.90 Å². The second kappa shape index (κ2) is 2.51. The van der Waals surface area contributed by atoms with Gasteiger partial charge in [0.15, 0.2) is 5.82 Å². The van der Waals surface area contributed by atoms with Crippen molar-refractivity contribution >= 4 is 0 Å². The molecule has 0 amide bonds. The zero-order valence-electron chi connectivity index (χ0n) is 7.72. The molecule has 3 atom stereocenters. The number of hydrogen-bond acceptors (Lipinski definition) is 4. The van der Waals surface area contributed by atoms with Crippen LogP contribution in [0.15, 0.2) is 0 Å². The van der Waals surface area contributed by atoms with E-state index in [9.17, 15) is 0 Å². The summed E-state index contributed by atoms with van der Waals surface area (Å²) in [5, 5.41) is 12.3. The quantitative estimate of drug-likeness (QED) is 0.590. The average molecular weight is 179 g/mol. The molecule has 2 aliphatic rings. The second-order valence-electron chi connectivity index (χ2n) is 4.05. The molecule has 5 nitrogen and oxygen atoms in total. The summed E-state index contributed by atoms with van der Waals surface area (Å²) in [5.41, 5.74) is 0. The third-order valence-corrected chi connectivity index (χ3v) is 3.19. The fraction of sp³-hybridized carbons (Fsp3) is 0.875. The van der Waals surface area contributed by atoms with Crippen molar-refractivity contribution in [2.75, 3.05) is 19.6 Å². The van der Waals surface area contributed by atoms with Gasteiger partial charge >= 0.3 is 0 Å². The van der Waals surface area contributed by atoms with E-state index in [1.165, 1.54) is 19.5 Å². The van der Waals surface area contributed by atoms with E-state index in [2.05, 4.69) is 20.3 Å². The first-order chi connectivity index (χ1) is 6.33. The maximum absolute atomic E-state index is 4.28. The van der Waals surface area contributed by atoms with E-state index in [1.54, 1.807) is 4.80 Å². The Labute approximate surface area is 76.7 Å². The van der Waals surface area contributed by atoms with E-state index < -0.39 is 0 Å². The number of hydrogen-bond donors (Lipinski definition) is 0. The number of piperidine rings is 1. The highest BCUT2D eigenvalue weighted by Gasteiger charge is 2.40. The van der Waals surface area contributed by atoms with E-state index in [-0.39, 0.29) is 0 Å². The highest BCUT2D eigenvalue weighted by molar-refractivity contribution is 5.05. The molecule has 2 aliphatic heterocycles. The SMILES string of the molecule is Cn1nnc([C@H]2CN3CC[C@H]2C3)n1. The number of fused-ring (bicyclic) bond motifs is 2. The lowest BCUT2D eigenvalue weighted by Crippen LogP contribution is -2.22. The van der Waals surface area contributed by atoms with Crippen LogP contribution in [0, 0.1) is 5.92 Å². The van der Waals surface area contributed by atoms with Crippen LogP contribution in [0.2, 0.25) is 0 Å². The largest absolute Gasteiger partial charge is 0.302 e. The van der Waals surface area contributed by atoms with Crippen LogP contribution in [0.3, 0.4) is 0 Å². The Morgan fingerprint density at radius 1 is 1.38 bits per heavy atom. The predicted octanol–water partition coefficient (Wildman–Crippen LogP) is -0.371. The highest BCUT2D eigenvalue weighted by atomic mass is 15.6. The first-order valence-corrected chi connectivity index (χ1v) is 4.79. The molecular weight excluding hydrogens is 166 g/mol. The molecule has 2 fully saturated rings. The molecule has 0 radical (unpaired) electrons. The van der Waals surface area contributed by atoms with E-state index in [0.29, 0.717) is 5.92 Å². The zero-order valence-corrected chi connectivity index (χ0v) is 7.72. The molecule has 0 N–H and O–H groups in total. The molecule has 0 saturated carbocycles. The summed E-state index contributed by atoms with van der Waals surface area (Å²) in [6.07, 6.45) is 1.31. The third kappa shape index (κ3) is 1.07. The molecular formula is C8H13N5. The van der Waals surface area contributed by atoms with Gasteiger partial charge in [-0.15, -0.1) is 10.2 Å². The number of tetrazole rings is 1. The van der Waals surface area contributed by atoms with Crippen molar-refractivity contribution in [1.29, 1.82) is 0 Å². The lowest BCUT2D eigenvalue weighted by molar-refractivity contribution is 0.340. The summed E-state index contributed by atoms with van der Waals surface area (Å²) in [7, 11) is 1.82. The molecule has 0 spiro atoms. The van der Waals surface area contributed by atoms with Crippen LogP contribution in [0.4, 0.5) is 0 Å². The third-order valence-electron chi connectivity index (χ3n) is 3.19. The average Bonchev–Trinajstić information content (AvgIpc) is 2.77. The Kier molecular flexibility index (Phi) is 1.44. The predicted molar refractivity (Wildman–Crippen MR) is 46.1 cm³/mol. The molecule has 2 bridgehead atoms. The van der Waals surface area contributed by atoms with Crippen molar-refractivity contribution in [3.05, 3.63) is 5.82 Å². The smallest absolute Gasteiger partial charge is 0.179 e. The minimum atomic E-state index is 0.544. The number of rotatable bonds is 1. The van der Waals surface area contributed by atoms with Crippen LogP contribution in [-0.4, -0.2) is 44.7 Å². The standard InChI is InChI=1S/C8H13N5/c1-12-10-8(9-11-12)7-5-13-3-2-6(7)4-13/h6-7H,2-5H2,1H3/t6-,7-/m0/s1. The Hall–Kier alpha value is -0.970. The Bertz CT molecular complexity index is 320. The van der Waals surface area contributed by atoms with E-state index in [4.69, 9.17) is 0 Å². The lowest BCUT2D eigenvalue weighted by atomic mass is 9.92. The minimum Gasteiger partial charge on any atom is -0.302 e. The summed E-state index contributed by atoms with van der Waals surface area (Å²) < 4.78 is 0. The lowest BCUT2D eigenvalue weighted by Gasteiger charge is -2.18. The Morgan fingerprint density at radius 3 is 2.85 bits per heavy atom. The maximum atomic E-state index is 4.28. The van der Waals surface area contributed by atoms with Crippen LogP contribution in [0.1, 0.15) is 18.2 Å². The molecule has 5 heteroatoms. The fourth-order valence-electron chi connectivity index (χ4n) is 2.52. The first-order valence-electron chi connectivity index (χ1n) is 4.79. The molecule has 70 valence electrons. The van der Waals surface area contributed by atoms with E-state index in [0.717, 1.165) is 18.3 Å². The second-order valence-corrected chi connectivity index (χ2v) is 4.05. The van der Waals surface area contributed by atoms with Crippen molar-refractivity contribution in [2.24, 2.45) is 13.0 Å². The van der Waals surface area contributed by atoms with Gasteiger partial charge in [0, 0.05) is 19.0 Å². The molecule has 1 aromatic rings. The molecule has 3 heterocycles. The molecule has 1 aromatic heterocycles. The zero-order chi connectivity index (χ0) is 8.84. The molecule has 0 aliphatic carbocycles. The fourth-order valence-corrected chi connectivity index (χ4v) is 2.52. The molecule has 2 saturated heterocycles. The maximum Gasteiger partial charge on any atom is 0.179 e.